The SMILES string of the molecule is CCCCN1CCN(C(=O)c2ccc(C#N)cc2)CC1. The van der Waals surface area contributed by atoms with Crippen LogP contribution in [0.15, 0.2) is 24.3 Å². The summed E-state index contributed by atoms with van der Waals surface area (Å²) in [5.74, 6) is 0.0737. The average molecular weight is 271 g/mol. The number of benzene rings is 1. The van der Waals surface area contributed by atoms with Gasteiger partial charge in [-0.1, -0.05) is 13.3 Å². The van der Waals surface area contributed by atoms with Crippen molar-refractivity contribution in [2.24, 2.45) is 0 Å². The minimum atomic E-state index is 0.0737. The molecule has 0 saturated carbocycles. The Balaban J connectivity index is 1.89. The van der Waals surface area contributed by atoms with Crippen LogP contribution < -0.4 is 0 Å². The largest absolute Gasteiger partial charge is 0.336 e. The highest BCUT2D eigenvalue weighted by molar-refractivity contribution is 5.94. The van der Waals surface area contributed by atoms with E-state index in [-0.39, 0.29) is 5.91 Å². The van der Waals surface area contributed by atoms with Crippen LogP contribution in [0.5, 0.6) is 0 Å². The highest BCUT2D eigenvalue weighted by atomic mass is 16.2. The van der Waals surface area contributed by atoms with Gasteiger partial charge in [-0.3, -0.25) is 9.69 Å². The quantitative estimate of drug-likeness (QED) is 0.842. The third-order valence-corrected chi connectivity index (χ3v) is 3.75. The van der Waals surface area contributed by atoms with Crippen LogP contribution in [0.1, 0.15) is 35.7 Å². The van der Waals surface area contributed by atoms with Gasteiger partial charge < -0.3 is 4.90 Å². The molecule has 1 amide bonds. The van der Waals surface area contributed by atoms with Gasteiger partial charge >= 0.3 is 0 Å². The van der Waals surface area contributed by atoms with E-state index in [1.807, 2.05) is 4.90 Å². The molecule has 1 aromatic rings. The number of carbonyl (C=O) groups is 1. The Morgan fingerprint density at radius 1 is 1.20 bits per heavy atom. The molecule has 4 nitrogen and oxygen atoms in total. The zero-order valence-electron chi connectivity index (χ0n) is 12.0. The number of nitriles is 1. The monoisotopic (exact) mass is 271 g/mol. The molecule has 0 aliphatic carbocycles. The topological polar surface area (TPSA) is 47.3 Å². The second-order valence-corrected chi connectivity index (χ2v) is 5.18. The van der Waals surface area contributed by atoms with E-state index in [0.29, 0.717) is 11.1 Å². The Hall–Kier alpha value is -1.86. The molecule has 0 N–H and O–H groups in total. The van der Waals surface area contributed by atoms with Crippen molar-refractivity contribution in [1.82, 2.24) is 9.80 Å². The van der Waals surface area contributed by atoms with Gasteiger partial charge in [-0.2, -0.15) is 5.26 Å². The van der Waals surface area contributed by atoms with Crippen molar-refractivity contribution < 1.29 is 4.79 Å². The standard InChI is InChI=1S/C16H21N3O/c1-2-3-8-18-9-11-19(12-10-18)16(20)15-6-4-14(13-17)5-7-15/h4-7H,2-3,8-12H2,1H3. The predicted octanol–water partition coefficient (Wildman–Crippen LogP) is 2.12. The van der Waals surface area contributed by atoms with Gasteiger partial charge in [0.25, 0.3) is 5.91 Å². The number of rotatable bonds is 4. The van der Waals surface area contributed by atoms with Gasteiger partial charge in [0.2, 0.25) is 0 Å². The van der Waals surface area contributed by atoms with Crippen molar-refractivity contribution in [2.75, 3.05) is 32.7 Å². The Morgan fingerprint density at radius 3 is 2.40 bits per heavy atom. The Kier molecular flexibility index (Phi) is 5.14. The molecule has 20 heavy (non-hydrogen) atoms. The summed E-state index contributed by atoms with van der Waals surface area (Å²) in [6.45, 7) is 6.84. The van der Waals surface area contributed by atoms with E-state index in [4.69, 9.17) is 5.26 Å². The van der Waals surface area contributed by atoms with E-state index in [1.165, 1.54) is 12.8 Å². The predicted molar refractivity (Wildman–Crippen MR) is 78.4 cm³/mol. The molecule has 1 heterocycles. The molecule has 0 radical (unpaired) electrons. The molecule has 4 heteroatoms. The van der Waals surface area contributed by atoms with Gasteiger partial charge in [-0.15, -0.1) is 0 Å². The number of hydrogen-bond acceptors (Lipinski definition) is 3. The Bertz CT molecular complexity index is 481. The summed E-state index contributed by atoms with van der Waals surface area (Å²) >= 11 is 0. The van der Waals surface area contributed by atoms with E-state index < -0.39 is 0 Å². The lowest BCUT2D eigenvalue weighted by Crippen LogP contribution is -2.48. The van der Waals surface area contributed by atoms with E-state index in [1.54, 1.807) is 24.3 Å². The van der Waals surface area contributed by atoms with Crippen molar-refractivity contribution >= 4 is 5.91 Å². The van der Waals surface area contributed by atoms with E-state index >= 15 is 0 Å². The third kappa shape index (κ3) is 3.58. The normalized spacial score (nSPS) is 15.9. The number of amides is 1. The van der Waals surface area contributed by atoms with Crippen LogP contribution in [-0.2, 0) is 0 Å². The zero-order valence-corrected chi connectivity index (χ0v) is 12.0. The van der Waals surface area contributed by atoms with Gasteiger partial charge in [-0.25, -0.2) is 0 Å². The summed E-state index contributed by atoms with van der Waals surface area (Å²) in [5.41, 5.74) is 1.26. The summed E-state index contributed by atoms with van der Waals surface area (Å²) in [6.07, 6.45) is 2.44. The first-order valence-corrected chi connectivity index (χ1v) is 7.26. The van der Waals surface area contributed by atoms with E-state index in [0.717, 1.165) is 32.7 Å². The van der Waals surface area contributed by atoms with Crippen LogP contribution in [0.4, 0.5) is 0 Å². The van der Waals surface area contributed by atoms with Crippen LogP contribution in [0.25, 0.3) is 0 Å². The molecular weight excluding hydrogens is 250 g/mol. The van der Waals surface area contributed by atoms with Crippen molar-refractivity contribution in [2.45, 2.75) is 19.8 Å². The second-order valence-electron chi connectivity index (χ2n) is 5.18. The molecule has 1 aromatic carbocycles. The molecule has 1 saturated heterocycles. The fourth-order valence-corrected chi connectivity index (χ4v) is 2.43. The lowest BCUT2D eigenvalue weighted by molar-refractivity contribution is 0.0635. The van der Waals surface area contributed by atoms with E-state index in [9.17, 15) is 4.79 Å². The van der Waals surface area contributed by atoms with Crippen molar-refractivity contribution in [3.8, 4) is 6.07 Å². The number of carbonyl (C=O) groups excluding carboxylic acids is 1. The summed E-state index contributed by atoms with van der Waals surface area (Å²) < 4.78 is 0. The number of unbranched alkanes of at least 4 members (excludes halogenated alkanes) is 1. The minimum absolute atomic E-state index is 0.0737. The minimum Gasteiger partial charge on any atom is -0.336 e. The molecule has 1 fully saturated rings. The molecule has 0 bridgehead atoms. The summed E-state index contributed by atoms with van der Waals surface area (Å²) in [5, 5.41) is 8.76. The average Bonchev–Trinajstić information content (AvgIpc) is 2.53. The second kappa shape index (κ2) is 7.06. The fraction of sp³-hybridized carbons (Fsp3) is 0.500. The maximum Gasteiger partial charge on any atom is 0.253 e. The first kappa shape index (κ1) is 14.5. The Labute approximate surface area is 120 Å². The smallest absolute Gasteiger partial charge is 0.253 e. The molecule has 1 aliphatic rings. The zero-order chi connectivity index (χ0) is 14.4. The van der Waals surface area contributed by atoms with Crippen molar-refractivity contribution in [3.63, 3.8) is 0 Å². The Morgan fingerprint density at radius 2 is 1.85 bits per heavy atom. The first-order chi connectivity index (χ1) is 9.74. The van der Waals surface area contributed by atoms with Crippen LogP contribution >= 0.6 is 0 Å². The van der Waals surface area contributed by atoms with Gasteiger partial charge in [0, 0.05) is 31.7 Å². The number of nitrogens with zero attached hydrogens (tertiary/aromatic N) is 3. The van der Waals surface area contributed by atoms with Crippen LogP contribution in [0, 0.1) is 11.3 Å². The molecular formula is C16H21N3O. The molecule has 2 rings (SSSR count). The lowest BCUT2D eigenvalue weighted by atomic mass is 10.1. The molecule has 0 spiro atoms. The van der Waals surface area contributed by atoms with Crippen molar-refractivity contribution in [3.05, 3.63) is 35.4 Å². The van der Waals surface area contributed by atoms with Crippen LogP contribution in [0.2, 0.25) is 0 Å². The van der Waals surface area contributed by atoms with E-state index in [2.05, 4.69) is 17.9 Å². The third-order valence-electron chi connectivity index (χ3n) is 3.75. The van der Waals surface area contributed by atoms with Gasteiger partial charge in [-0.05, 0) is 37.2 Å². The van der Waals surface area contributed by atoms with Crippen molar-refractivity contribution in [1.29, 1.82) is 5.26 Å². The summed E-state index contributed by atoms with van der Waals surface area (Å²) in [6, 6.07) is 8.95. The maximum absolute atomic E-state index is 12.3. The van der Waals surface area contributed by atoms with Gasteiger partial charge in [0.15, 0.2) is 0 Å². The summed E-state index contributed by atoms with van der Waals surface area (Å²) in [7, 11) is 0. The fourth-order valence-electron chi connectivity index (χ4n) is 2.43. The molecule has 106 valence electrons. The number of hydrogen-bond donors (Lipinski definition) is 0. The number of piperazine rings is 1. The highest BCUT2D eigenvalue weighted by Gasteiger charge is 2.21. The highest BCUT2D eigenvalue weighted by Crippen LogP contribution is 2.10. The maximum atomic E-state index is 12.3. The molecule has 0 aromatic heterocycles. The molecule has 1 aliphatic heterocycles. The lowest BCUT2D eigenvalue weighted by Gasteiger charge is -2.34. The first-order valence-electron chi connectivity index (χ1n) is 7.26. The van der Waals surface area contributed by atoms with Gasteiger partial charge in [0.05, 0.1) is 11.6 Å². The summed E-state index contributed by atoms with van der Waals surface area (Å²) in [4.78, 5) is 16.7. The van der Waals surface area contributed by atoms with Crippen LogP contribution in [0.3, 0.4) is 0 Å². The molecule has 0 unspecified atom stereocenters. The van der Waals surface area contributed by atoms with Crippen LogP contribution in [-0.4, -0.2) is 48.4 Å². The molecule has 0 atom stereocenters. The van der Waals surface area contributed by atoms with Gasteiger partial charge in [0.1, 0.15) is 0 Å².